The molecule has 0 heterocycles. The van der Waals surface area contributed by atoms with Crippen molar-refractivity contribution in [3.05, 3.63) is 144 Å². The average Bonchev–Trinajstić information content (AvgIpc) is 2.96. The lowest BCUT2D eigenvalue weighted by Gasteiger charge is -2.17. The normalized spacial score (nSPS) is 10.8. The van der Waals surface area contributed by atoms with Gasteiger partial charge in [0.05, 0.1) is 0 Å². The number of benzene rings is 5. The average molecular weight is 527 g/mol. The third-order valence-corrected chi connectivity index (χ3v) is 8.10. The summed E-state index contributed by atoms with van der Waals surface area (Å²) in [6.07, 6.45) is 0.980. The Kier molecular flexibility index (Phi) is 8.19. The molecule has 3 heteroatoms. The standard InChI is InChI=1S/C36H34N2S/c1-3-26(24-39-35-6-4-5-25(2)23-35)36(31-11-7-27(8-12-31)29-15-19-33(37)20-16-29)32-13-9-28(10-14-32)30-17-21-34(38)22-18-30/h4-23H,3,24,37-38H2,1-2H3. The van der Waals surface area contributed by atoms with E-state index in [0.717, 1.165) is 23.5 Å². The molecule has 0 fully saturated rings. The van der Waals surface area contributed by atoms with E-state index in [4.69, 9.17) is 11.5 Å². The van der Waals surface area contributed by atoms with Crippen molar-refractivity contribution >= 4 is 28.7 Å². The SMILES string of the molecule is CCC(CSc1cccc(C)c1)=C(c1ccc(-c2ccc(N)cc2)cc1)c1ccc(-c2ccc(N)cc2)cc1. The van der Waals surface area contributed by atoms with Gasteiger partial charge in [-0.25, -0.2) is 0 Å². The lowest BCUT2D eigenvalue weighted by Crippen LogP contribution is -1.98. The molecule has 0 aliphatic heterocycles. The molecule has 0 atom stereocenters. The lowest BCUT2D eigenvalue weighted by atomic mass is 9.90. The quantitative estimate of drug-likeness (QED) is 0.156. The number of aryl methyl sites for hydroxylation is 1. The van der Waals surface area contributed by atoms with Crippen molar-refractivity contribution in [1.29, 1.82) is 0 Å². The Labute approximate surface area is 236 Å². The molecule has 0 aliphatic rings. The summed E-state index contributed by atoms with van der Waals surface area (Å²) < 4.78 is 0. The Bertz CT molecular complexity index is 1470. The maximum absolute atomic E-state index is 5.90. The molecule has 5 aromatic rings. The second-order valence-corrected chi connectivity index (χ2v) is 10.9. The van der Waals surface area contributed by atoms with Crippen LogP contribution in [0.5, 0.6) is 0 Å². The number of rotatable bonds is 8. The molecule has 5 aromatic carbocycles. The summed E-state index contributed by atoms with van der Waals surface area (Å²) >= 11 is 1.91. The van der Waals surface area contributed by atoms with Crippen LogP contribution < -0.4 is 11.5 Å². The Morgan fingerprint density at radius 2 is 1.03 bits per heavy atom. The van der Waals surface area contributed by atoms with E-state index in [1.807, 2.05) is 36.0 Å². The molecule has 39 heavy (non-hydrogen) atoms. The molecule has 0 aliphatic carbocycles. The summed E-state index contributed by atoms with van der Waals surface area (Å²) in [5, 5.41) is 0. The van der Waals surface area contributed by atoms with Gasteiger partial charge in [-0.05, 0) is 88.7 Å². The third kappa shape index (κ3) is 6.45. The summed E-state index contributed by atoms with van der Waals surface area (Å²) in [4.78, 5) is 1.30. The summed E-state index contributed by atoms with van der Waals surface area (Å²) in [7, 11) is 0. The molecule has 5 rings (SSSR count). The Balaban J connectivity index is 1.52. The van der Waals surface area contributed by atoms with Crippen LogP contribution >= 0.6 is 11.8 Å². The van der Waals surface area contributed by atoms with Crippen LogP contribution in [0.4, 0.5) is 11.4 Å². The van der Waals surface area contributed by atoms with E-state index in [1.54, 1.807) is 0 Å². The minimum absolute atomic E-state index is 0.779. The number of anilines is 2. The van der Waals surface area contributed by atoms with Gasteiger partial charge in [0.2, 0.25) is 0 Å². The maximum atomic E-state index is 5.90. The second kappa shape index (κ2) is 12.1. The van der Waals surface area contributed by atoms with Gasteiger partial charge in [-0.15, -0.1) is 11.8 Å². The van der Waals surface area contributed by atoms with Gasteiger partial charge in [-0.1, -0.05) is 103 Å². The van der Waals surface area contributed by atoms with E-state index in [-0.39, 0.29) is 0 Å². The predicted molar refractivity (Wildman–Crippen MR) is 171 cm³/mol. The van der Waals surface area contributed by atoms with Crippen molar-refractivity contribution in [3.8, 4) is 22.3 Å². The smallest absolute Gasteiger partial charge is 0.0314 e. The van der Waals surface area contributed by atoms with Crippen molar-refractivity contribution in [2.24, 2.45) is 0 Å². The van der Waals surface area contributed by atoms with Gasteiger partial charge in [0.1, 0.15) is 0 Å². The minimum Gasteiger partial charge on any atom is -0.399 e. The monoisotopic (exact) mass is 526 g/mol. The lowest BCUT2D eigenvalue weighted by molar-refractivity contribution is 1.11. The highest BCUT2D eigenvalue weighted by molar-refractivity contribution is 7.99. The number of hydrogen-bond acceptors (Lipinski definition) is 3. The van der Waals surface area contributed by atoms with Gasteiger partial charge in [-0.3, -0.25) is 0 Å². The Morgan fingerprint density at radius 1 is 0.590 bits per heavy atom. The van der Waals surface area contributed by atoms with Crippen molar-refractivity contribution in [2.75, 3.05) is 17.2 Å². The van der Waals surface area contributed by atoms with E-state index < -0.39 is 0 Å². The van der Waals surface area contributed by atoms with E-state index >= 15 is 0 Å². The first-order valence-corrected chi connectivity index (χ1v) is 14.3. The number of nitrogen functional groups attached to an aromatic ring is 2. The van der Waals surface area contributed by atoms with Gasteiger partial charge in [-0.2, -0.15) is 0 Å². The Morgan fingerprint density at radius 3 is 1.44 bits per heavy atom. The highest BCUT2D eigenvalue weighted by Crippen LogP contribution is 2.35. The second-order valence-electron chi connectivity index (χ2n) is 9.84. The topological polar surface area (TPSA) is 52.0 Å². The molecule has 0 unspecified atom stereocenters. The van der Waals surface area contributed by atoms with Crippen LogP contribution in [0.15, 0.2) is 132 Å². The van der Waals surface area contributed by atoms with Gasteiger partial charge in [0, 0.05) is 22.0 Å². The van der Waals surface area contributed by atoms with Crippen LogP contribution in [-0.4, -0.2) is 5.75 Å². The zero-order chi connectivity index (χ0) is 27.2. The van der Waals surface area contributed by atoms with Crippen LogP contribution in [-0.2, 0) is 0 Å². The van der Waals surface area contributed by atoms with Crippen molar-refractivity contribution in [2.45, 2.75) is 25.2 Å². The summed E-state index contributed by atoms with van der Waals surface area (Å²) in [5.74, 6) is 0.939. The first-order valence-electron chi connectivity index (χ1n) is 13.3. The van der Waals surface area contributed by atoms with E-state index in [1.165, 1.54) is 55.0 Å². The van der Waals surface area contributed by atoms with E-state index in [2.05, 4.69) is 111 Å². The summed E-state index contributed by atoms with van der Waals surface area (Å²) in [5.41, 5.74) is 24.6. The van der Waals surface area contributed by atoms with Crippen molar-refractivity contribution in [3.63, 3.8) is 0 Å². The number of nitrogens with two attached hydrogens (primary N) is 2. The van der Waals surface area contributed by atoms with E-state index in [9.17, 15) is 0 Å². The maximum Gasteiger partial charge on any atom is 0.0314 e. The molecule has 0 saturated heterocycles. The molecular formula is C36H34N2S. The molecule has 0 amide bonds. The number of hydrogen-bond donors (Lipinski definition) is 2. The molecule has 4 N–H and O–H groups in total. The molecule has 194 valence electrons. The predicted octanol–water partition coefficient (Wildman–Crippen LogP) is 9.50. The molecule has 0 bridgehead atoms. The molecular weight excluding hydrogens is 492 g/mol. The zero-order valence-corrected chi connectivity index (χ0v) is 23.3. The first-order chi connectivity index (χ1) is 19.0. The van der Waals surface area contributed by atoms with Crippen LogP contribution in [0.1, 0.15) is 30.0 Å². The highest BCUT2D eigenvalue weighted by atomic mass is 32.2. The summed E-state index contributed by atoms with van der Waals surface area (Å²) in [6, 6.07) is 42.7. The molecule has 0 saturated carbocycles. The van der Waals surface area contributed by atoms with Gasteiger partial charge >= 0.3 is 0 Å². The van der Waals surface area contributed by atoms with Gasteiger partial charge in [0.15, 0.2) is 0 Å². The first kappa shape index (κ1) is 26.4. The fourth-order valence-electron chi connectivity index (χ4n) is 4.81. The number of thioether (sulfide) groups is 1. The van der Waals surface area contributed by atoms with Crippen LogP contribution in [0.2, 0.25) is 0 Å². The van der Waals surface area contributed by atoms with E-state index in [0.29, 0.717) is 0 Å². The van der Waals surface area contributed by atoms with Crippen molar-refractivity contribution < 1.29 is 0 Å². The molecule has 0 aromatic heterocycles. The van der Waals surface area contributed by atoms with Gasteiger partial charge < -0.3 is 11.5 Å². The highest BCUT2D eigenvalue weighted by Gasteiger charge is 2.13. The fourth-order valence-corrected chi connectivity index (χ4v) is 5.94. The fraction of sp³-hybridized carbons (Fsp3) is 0.111. The van der Waals surface area contributed by atoms with Crippen LogP contribution in [0.3, 0.4) is 0 Å². The summed E-state index contributed by atoms with van der Waals surface area (Å²) in [6.45, 7) is 4.41. The third-order valence-electron chi connectivity index (χ3n) is 7.02. The zero-order valence-electron chi connectivity index (χ0n) is 22.5. The largest absolute Gasteiger partial charge is 0.399 e. The molecule has 0 radical (unpaired) electrons. The Hall–Kier alpha value is -4.21. The minimum atomic E-state index is 0.779. The van der Waals surface area contributed by atoms with Crippen LogP contribution in [0.25, 0.3) is 27.8 Å². The molecule has 0 spiro atoms. The van der Waals surface area contributed by atoms with Crippen molar-refractivity contribution in [1.82, 2.24) is 0 Å². The molecule has 2 nitrogen and oxygen atoms in total. The van der Waals surface area contributed by atoms with Gasteiger partial charge in [0.25, 0.3) is 0 Å². The van der Waals surface area contributed by atoms with Crippen LogP contribution in [0, 0.1) is 6.92 Å².